The van der Waals surface area contributed by atoms with Gasteiger partial charge in [0.25, 0.3) is 0 Å². The maximum absolute atomic E-state index is 11.1. The van der Waals surface area contributed by atoms with Gasteiger partial charge in [0.2, 0.25) is 5.91 Å². The first-order valence-electron chi connectivity index (χ1n) is 6.86. The minimum absolute atomic E-state index is 0.220. The van der Waals surface area contributed by atoms with E-state index in [1.807, 2.05) is 18.2 Å². The van der Waals surface area contributed by atoms with Crippen LogP contribution in [0.3, 0.4) is 0 Å². The molecule has 0 saturated heterocycles. The molecule has 0 unspecified atom stereocenters. The van der Waals surface area contributed by atoms with Crippen molar-refractivity contribution in [2.75, 3.05) is 0 Å². The molecular weight excluding hydrogens is 284 g/mol. The van der Waals surface area contributed by atoms with Crippen LogP contribution < -0.4 is 11.1 Å². The summed E-state index contributed by atoms with van der Waals surface area (Å²) >= 11 is 6.19. The van der Waals surface area contributed by atoms with Gasteiger partial charge in [0.1, 0.15) is 0 Å². The van der Waals surface area contributed by atoms with Gasteiger partial charge >= 0.3 is 0 Å². The maximum Gasteiger partial charge on any atom is 0.248 e. The number of amides is 1. The molecule has 1 amide bonds. The summed E-state index contributed by atoms with van der Waals surface area (Å²) in [6.07, 6.45) is 0. The van der Waals surface area contributed by atoms with Gasteiger partial charge < -0.3 is 11.1 Å². The SMILES string of the molecule is Cc1ccccc1[C@@H](C)NCc1ccc(C(N)=O)cc1Cl. The number of rotatable bonds is 5. The topological polar surface area (TPSA) is 55.1 Å². The predicted molar refractivity (Wildman–Crippen MR) is 86.4 cm³/mol. The highest BCUT2D eigenvalue weighted by Crippen LogP contribution is 2.21. The van der Waals surface area contributed by atoms with Gasteiger partial charge in [0.05, 0.1) is 0 Å². The quantitative estimate of drug-likeness (QED) is 0.886. The first-order valence-corrected chi connectivity index (χ1v) is 7.24. The third kappa shape index (κ3) is 3.84. The molecule has 3 N–H and O–H groups in total. The lowest BCUT2D eigenvalue weighted by Crippen LogP contribution is -2.19. The number of carbonyl (C=O) groups excluding carboxylic acids is 1. The van der Waals surface area contributed by atoms with E-state index in [9.17, 15) is 4.79 Å². The molecule has 2 aromatic rings. The molecule has 0 fully saturated rings. The Morgan fingerprint density at radius 2 is 2.00 bits per heavy atom. The van der Waals surface area contributed by atoms with Gasteiger partial charge in [-0.2, -0.15) is 0 Å². The van der Waals surface area contributed by atoms with Crippen LogP contribution in [0, 0.1) is 6.92 Å². The number of aryl methyl sites for hydroxylation is 1. The lowest BCUT2D eigenvalue weighted by atomic mass is 10.0. The lowest BCUT2D eigenvalue weighted by molar-refractivity contribution is 0.100. The Morgan fingerprint density at radius 1 is 1.29 bits per heavy atom. The average molecular weight is 303 g/mol. The molecule has 4 heteroatoms. The van der Waals surface area contributed by atoms with Crippen LogP contribution in [0.5, 0.6) is 0 Å². The fraction of sp³-hybridized carbons (Fsp3) is 0.235. The van der Waals surface area contributed by atoms with E-state index in [0.717, 1.165) is 5.56 Å². The van der Waals surface area contributed by atoms with Gasteiger partial charge in [0.15, 0.2) is 0 Å². The van der Waals surface area contributed by atoms with Gasteiger partial charge in [-0.15, -0.1) is 0 Å². The van der Waals surface area contributed by atoms with Crippen molar-refractivity contribution >= 4 is 17.5 Å². The molecule has 110 valence electrons. The molecule has 3 nitrogen and oxygen atoms in total. The molecule has 0 heterocycles. The van der Waals surface area contributed by atoms with Crippen molar-refractivity contribution in [3.8, 4) is 0 Å². The Hall–Kier alpha value is -1.84. The van der Waals surface area contributed by atoms with Gasteiger partial charge in [-0.05, 0) is 42.7 Å². The number of carbonyl (C=O) groups is 1. The molecular formula is C17H19ClN2O. The Kier molecular flexibility index (Phi) is 4.99. The minimum atomic E-state index is -0.468. The number of hydrogen-bond donors (Lipinski definition) is 2. The van der Waals surface area contributed by atoms with Crippen LogP contribution in [0.4, 0.5) is 0 Å². The van der Waals surface area contributed by atoms with E-state index in [1.54, 1.807) is 12.1 Å². The number of primary amides is 1. The van der Waals surface area contributed by atoms with Crippen molar-refractivity contribution in [3.63, 3.8) is 0 Å². The van der Waals surface area contributed by atoms with E-state index in [1.165, 1.54) is 11.1 Å². The van der Waals surface area contributed by atoms with Gasteiger partial charge in [0, 0.05) is 23.2 Å². The van der Waals surface area contributed by atoms with Crippen LogP contribution in [0.1, 0.15) is 40.0 Å². The standard InChI is InChI=1S/C17H19ClN2O/c1-11-5-3-4-6-15(11)12(2)20-10-14-8-7-13(17(19)21)9-16(14)18/h3-9,12,20H,10H2,1-2H3,(H2,19,21)/t12-/m1/s1. The Morgan fingerprint density at radius 3 is 2.62 bits per heavy atom. The van der Waals surface area contributed by atoms with Gasteiger partial charge in [-0.3, -0.25) is 4.79 Å². The lowest BCUT2D eigenvalue weighted by Gasteiger charge is -2.17. The van der Waals surface area contributed by atoms with Crippen LogP contribution >= 0.6 is 11.6 Å². The molecule has 0 spiro atoms. The normalized spacial score (nSPS) is 12.1. The molecule has 21 heavy (non-hydrogen) atoms. The van der Waals surface area contributed by atoms with Crippen LogP contribution in [0.25, 0.3) is 0 Å². The molecule has 0 bridgehead atoms. The number of nitrogens with two attached hydrogens (primary N) is 1. The molecule has 2 rings (SSSR count). The van der Waals surface area contributed by atoms with Crippen molar-refractivity contribution < 1.29 is 4.79 Å². The van der Waals surface area contributed by atoms with Gasteiger partial charge in [-0.25, -0.2) is 0 Å². The Balaban J connectivity index is 2.06. The molecule has 0 aliphatic rings. The summed E-state index contributed by atoms with van der Waals surface area (Å²) in [6, 6.07) is 13.6. The second-order valence-electron chi connectivity index (χ2n) is 5.13. The molecule has 0 aliphatic heterocycles. The molecule has 0 saturated carbocycles. The summed E-state index contributed by atoms with van der Waals surface area (Å²) in [5.41, 5.74) is 9.13. The molecule has 0 radical (unpaired) electrons. The number of benzene rings is 2. The van der Waals surface area contributed by atoms with Gasteiger partial charge in [-0.1, -0.05) is 41.9 Å². The summed E-state index contributed by atoms with van der Waals surface area (Å²) in [7, 11) is 0. The summed E-state index contributed by atoms with van der Waals surface area (Å²) in [6.45, 7) is 4.85. The van der Waals surface area contributed by atoms with E-state index in [-0.39, 0.29) is 6.04 Å². The maximum atomic E-state index is 11.1. The molecule has 0 aliphatic carbocycles. The van der Waals surface area contributed by atoms with Crippen molar-refractivity contribution in [1.29, 1.82) is 0 Å². The van der Waals surface area contributed by atoms with Crippen molar-refractivity contribution in [1.82, 2.24) is 5.32 Å². The minimum Gasteiger partial charge on any atom is -0.366 e. The van der Waals surface area contributed by atoms with E-state index >= 15 is 0 Å². The van der Waals surface area contributed by atoms with Crippen molar-refractivity contribution in [2.24, 2.45) is 5.73 Å². The molecule has 2 aromatic carbocycles. The van der Waals surface area contributed by atoms with E-state index in [0.29, 0.717) is 17.1 Å². The second-order valence-corrected chi connectivity index (χ2v) is 5.54. The highest BCUT2D eigenvalue weighted by Gasteiger charge is 2.09. The first-order chi connectivity index (χ1) is 9.99. The third-order valence-corrected chi connectivity index (χ3v) is 3.94. The fourth-order valence-corrected chi connectivity index (χ4v) is 2.54. The first kappa shape index (κ1) is 15.5. The second kappa shape index (κ2) is 6.74. The summed E-state index contributed by atoms with van der Waals surface area (Å²) in [4.78, 5) is 11.1. The molecule has 1 atom stereocenters. The van der Waals surface area contributed by atoms with Crippen LogP contribution in [0.15, 0.2) is 42.5 Å². The van der Waals surface area contributed by atoms with Crippen LogP contribution in [-0.4, -0.2) is 5.91 Å². The van der Waals surface area contributed by atoms with Crippen molar-refractivity contribution in [2.45, 2.75) is 26.4 Å². The zero-order valence-electron chi connectivity index (χ0n) is 12.2. The Labute approximate surface area is 130 Å². The van der Waals surface area contributed by atoms with Crippen LogP contribution in [-0.2, 0) is 6.54 Å². The zero-order chi connectivity index (χ0) is 15.4. The zero-order valence-corrected chi connectivity index (χ0v) is 12.9. The van der Waals surface area contributed by atoms with Crippen molar-refractivity contribution in [3.05, 3.63) is 69.7 Å². The summed E-state index contributed by atoms with van der Waals surface area (Å²) < 4.78 is 0. The number of halogens is 1. The number of hydrogen-bond acceptors (Lipinski definition) is 2. The summed E-state index contributed by atoms with van der Waals surface area (Å²) in [5.74, 6) is -0.468. The van der Waals surface area contributed by atoms with E-state index < -0.39 is 5.91 Å². The molecule has 0 aromatic heterocycles. The smallest absolute Gasteiger partial charge is 0.248 e. The highest BCUT2D eigenvalue weighted by atomic mass is 35.5. The monoisotopic (exact) mass is 302 g/mol. The van der Waals surface area contributed by atoms with E-state index in [2.05, 4.69) is 31.3 Å². The number of nitrogens with one attached hydrogen (secondary N) is 1. The largest absolute Gasteiger partial charge is 0.366 e. The summed E-state index contributed by atoms with van der Waals surface area (Å²) in [5, 5.41) is 4.00. The average Bonchev–Trinajstić information content (AvgIpc) is 2.46. The van der Waals surface area contributed by atoms with Crippen LogP contribution in [0.2, 0.25) is 5.02 Å². The van der Waals surface area contributed by atoms with E-state index in [4.69, 9.17) is 17.3 Å². The Bertz CT molecular complexity index is 655. The fourth-order valence-electron chi connectivity index (χ4n) is 2.29. The third-order valence-electron chi connectivity index (χ3n) is 3.59. The highest BCUT2D eigenvalue weighted by molar-refractivity contribution is 6.31. The predicted octanol–water partition coefficient (Wildman–Crippen LogP) is 3.60.